The molecule has 3 nitrogen and oxygen atoms in total. The van der Waals surface area contributed by atoms with Gasteiger partial charge in [0, 0.05) is 0 Å². The monoisotopic (exact) mass is 264 g/mol. The molecular weight excluding hydrogens is 240 g/mol. The summed E-state index contributed by atoms with van der Waals surface area (Å²) in [4.78, 5) is 0. The number of ether oxygens (including phenoxy) is 2. The van der Waals surface area contributed by atoms with Crippen LogP contribution in [-0.2, 0) is 5.60 Å². The molecule has 0 spiro atoms. The fraction of sp³-hybridized carbons (Fsp3) is 0.625. The van der Waals surface area contributed by atoms with Gasteiger partial charge in [-0.1, -0.05) is 32.8 Å². The van der Waals surface area contributed by atoms with Gasteiger partial charge in [0.05, 0.1) is 19.8 Å². The van der Waals surface area contributed by atoms with Crippen molar-refractivity contribution in [3.63, 3.8) is 0 Å². The van der Waals surface area contributed by atoms with Gasteiger partial charge in [0.1, 0.15) is 17.1 Å². The first-order valence-corrected chi connectivity index (χ1v) is 6.90. The van der Waals surface area contributed by atoms with E-state index in [1.54, 1.807) is 14.2 Å². The van der Waals surface area contributed by atoms with Gasteiger partial charge < -0.3 is 14.6 Å². The van der Waals surface area contributed by atoms with E-state index >= 15 is 0 Å². The van der Waals surface area contributed by atoms with E-state index in [2.05, 4.69) is 13.8 Å². The van der Waals surface area contributed by atoms with Crippen molar-refractivity contribution in [1.82, 2.24) is 0 Å². The summed E-state index contributed by atoms with van der Waals surface area (Å²) in [5.41, 5.74) is -0.291. The molecule has 1 aromatic carbocycles. The lowest BCUT2D eigenvalue weighted by atomic mass is 9.62. The van der Waals surface area contributed by atoms with Crippen LogP contribution in [0.1, 0.15) is 45.1 Å². The van der Waals surface area contributed by atoms with Crippen LogP contribution in [0.4, 0.5) is 0 Å². The average Bonchev–Trinajstić information content (AvgIpc) is 2.41. The van der Waals surface area contributed by atoms with Gasteiger partial charge >= 0.3 is 0 Å². The van der Waals surface area contributed by atoms with Crippen LogP contribution in [0.5, 0.6) is 11.5 Å². The molecule has 1 aliphatic rings. The van der Waals surface area contributed by atoms with Crippen molar-refractivity contribution >= 4 is 0 Å². The van der Waals surface area contributed by atoms with Crippen molar-refractivity contribution in [2.45, 2.75) is 45.1 Å². The van der Waals surface area contributed by atoms with Crippen LogP contribution in [0.2, 0.25) is 0 Å². The van der Waals surface area contributed by atoms with Gasteiger partial charge in [0.25, 0.3) is 0 Å². The third-order valence-electron chi connectivity index (χ3n) is 4.55. The summed E-state index contributed by atoms with van der Waals surface area (Å²) in [6.07, 6.45) is 3.94. The Labute approximate surface area is 115 Å². The lowest BCUT2D eigenvalue weighted by Crippen LogP contribution is -2.44. The zero-order valence-corrected chi connectivity index (χ0v) is 12.3. The molecule has 0 bridgehead atoms. The second kappa shape index (κ2) is 5.04. The van der Waals surface area contributed by atoms with E-state index in [-0.39, 0.29) is 5.41 Å². The van der Waals surface area contributed by atoms with Gasteiger partial charge in [-0.25, -0.2) is 0 Å². The van der Waals surface area contributed by atoms with Crippen LogP contribution in [0.25, 0.3) is 0 Å². The predicted molar refractivity (Wildman–Crippen MR) is 75.7 cm³/mol. The Bertz CT molecular complexity index is 431. The number of rotatable bonds is 3. The van der Waals surface area contributed by atoms with Crippen LogP contribution < -0.4 is 9.47 Å². The summed E-state index contributed by atoms with van der Waals surface area (Å²) in [6.45, 7) is 4.25. The van der Waals surface area contributed by atoms with Crippen molar-refractivity contribution in [3.8, 4) is 11.5 Å². The summed E-state index contributed by atoms with van der Waals surface area (Å²) in [7, 11) is 3.27. The molecule has 0 radical (unpaired) electrons. The predicted octanol–water partition coefficient (Wildman–Crippen LogP) is 3.49. The SMILES string of the molecule is COc1cccc(OC)c1C1(O)CCCCC1(C)C. The molecule has 2 rings (SSSR count). The Kier molecular flexibility index (Phi) is 3.77. The molecule has 1 atom stereocenters. The maximum Gasteiger partial charge on any atom is 0.128 e. The third-order valence-corrected chi connectivity index (χ3v) is 4.55. The van der Waals surface area contributed by atoms with Crippen LogP contribution in [0.3, 0.4) is 0 Å². The molecule has 0 amide bonds. The van der Waals surface area contributed by atoms with Crippen molar-refractivity contribution in [1.29, 1.82) is 0 Å². The van der Waals surface area contributed by atoms with E-state index in [0.29, 0.717) is 11.5 Å². The Balaban J connectivity index is 2.61. The van der Waals surface area contributed by atoms with Gasteiger partial charge in [0.15, 0.2) is 0 Å². The van der Waals surface area contributed by atoms with Gasteiger partial charge in [0.2, 0.25) is 0 Å². The van der Waals surface area contributed by atoms with E-state index in [4.69, 9.17) is 9.47 Å². The van der Waals surface area contributed by atoms with Crippen molar-refractivity contribution in [2.24, 2.45) is 5.41 Å². The zero-order chi connectivity index (χ0) is 14.1. The lowest BCUT2D eigenvalue weighted by Gasteiger charge is -2.47. The fourth-order valence-corrected chi connectivity index (χ4v) is 3.22. The maximum atomic E-state index is 11.3. The minimum absolute atomic E-state index is 0.187. The average molecular weight is 264 g/mol. The highest BCUT2D eigenvalue weighted by Crippen LogP contribution is 2.54. The molecule has 0 saturated heterocycles. The number of aliphatic hydroxyl groups is 1. The van der Waals surface area contributed by atoms with Crippen LogP contribution >= 0.6 is 0 Å². The molecule has 1 fully saturated rings. The summed E-state index contributed by atoms with van der Waals surface area (Å²) >= 11 is 0. The van der Waals surface area contributed by atoms with Crippen molar-refractivity contribution < 1.29 is 14.6 Å². The largest absolute Gasteiger partial charge is 0.496 e. The molecule has 0 aliphatic heterocycles. The van der Waals surface area contributed by atoms with Gasteiger partial charge in [-0.3, -0.25) is 0 Å². The number of benzene rings is 1. The molecule has 106 valence electrons. The Morgan fingerprint density at radius 3 is 2.00 bits per heavy atom. The highest BCUT2D eigenvalue weighted by molar-refractivity contribution is 5.49. The van der Waals surface area contributed by atoms with Crippen molar-refractivity contribution in [3.05, 3.63) is 23.8 Å². The normalized spacial score (nSPS) is 25.9. The zero-order valence-electron chi connectivity index (χ0n) is 12.3. The summed E-state index contributed by atoms with van der Waals surface area (Å²) in [5.74, 6) is 1.41. The minimum Gasteiger partial charge on any atom is -0.496 e. The molecule has 1 saturated carbocycles. The number of hydrogen-bond donors (Lipinski definition) is 1. The van der Waals surface area contributed by atoms with E-state index in [1.165, 1.54) is 0 Å². The van der Waals surface area contributed by atoms with Gasteiger partial charge in [-0.15, -0.1) is 0 Å². The van der Waals surface area contributed by atoms with Gasteiger partial charge in [-0.2, -0.15) is 0 Å². The van der Waals surface area contributed by atoms with Gasteiger partial charge in [-0.05, 0) is 30.4 Å². The van der Waals surface area contributed by atoms with Crippen LogP contribution in [0.15, 0.2) is 18.2 Å². The molecule has 3 heteroatoms. The highest BCUT2D eigenvalue weighted by atomic mass is 16.5. The maximum absolute atomic E-state index is 11.3. The molecule has 1 aromatic rings. The minimum atomic E-state index is -0.900. The number of methoxy groups -OCH3 is 2. The Morgan fingerprint density at radius 2 is 1.53 bits per heavy atom. The third kappa shape index (κ3) is 2.20. The number of hydrogen-bond acceptors (Lipinski definition) is 3. The summed E-state index contributed by atoms with van der Waals surface area (Å²) in [5, 5.41) is 11.3. The topological polar surface area (TPSA) is 38.7 Å². The fourth-order valence-electron chi connectivity index (χ4n) is 3.22. The van der Waals surface area contributed by atoms with E-state index in [9.17, 15) is 5.11 Å². The first kappa shape index (κ1) is 14.2. The first-order chi connectivity index (χ1) is 8.96. The van der Waals surface area contributed by atoms with Crippen LogP contribution in [-0.4, -0.2) is 19.3 Å². The smallest absolute Gasteiger partial charge is 0.128 e. The van der Waals surface area contributed by atoms with Crippen molar-refractivity contribution in [2.75, 3.05) is 14.2 Å². The van der Waals surface area contributed by atoms with Crippen LogP contribution in [0, 0.1) is 5.41 Å². The highest BCUT2D eigenvalue weighted by Gasteiger charge is 2.49. The summed E-state index contributed by atoms with van der Waals surface area (Å²) in [6, 6.07) is 5.67. The molecule has 0 aromatic heterocycles. The molecule has 19 heavy (non-hydrogen) atoms. The molecule has 1 aliphatic carbocycles. The Morgan fingerprint density at radius 1 is 1.00 bits per heavy atom. The lowest BCUT2D eigenvalue weighted by molar-refractivity contribution is -0.106. The second-order valence-electron chi connectivity index (χ2n) is 5.99. The van der Waals surface area contributed by atoms with E-state index in [1.807, 2.05) is 18.2 Å². The van der Waals surface area contributed by atoms with E-state index in [0.717, 1.165) is 31.2 Å². The quantitative estimate of drug-likeness (QED) is 0.908. The molecular formula is C16H24O3. The first-order valence-electron chi connectivity index (χ1n) is 6.90. The Hall–Kier alpha value is -1.22. The molecule has 0 heterocycles. The molecule has 1 N–H and O–H groups in total. The second-order valence-corrected chi connectivity index (χ2v) is 5.99. The molecule has 1 unspecified atom stereocenters. The van der Waals surface area contributed by atoms with E-state index < -0.39 is 5.60 Å². The standard InChI is InChI=1S/C16H24O3/c1-15(2)10-5-6-11-16(15,17)14-12(18-3)8-7-9-13(14)19-4/h7-9,17H,5-6,10-11H2,1-4H3. The summed E-state index contributed by atoms with van der Waals surface area (Å²) < 4.78 is 10.9.